The first-order chi connectivity index (χ1) is 7.07. The summed E-state index contributed by atoms with van der Waals surface area (Å²) in [6.07, 6.45) is 4.85. The fourth-order valence-electron chi connectivity index (χ4n) is 2.10. The second-order valence-electron chi connectivity index (χ2n) is 4.67. The third-order valence-electron chi connectivity index (χ3n) is 3.23. The molecule has 0 aliphatic heterocycles. The summed E-state index contributed by atoms with van der Waals surface area (Å²) in [5, 5.41) is 3.03. The lowest BCUT2D eigenvalue weighted by molar-refractivity contribution is -0.131. The van der Waals surface area contributed by atoms with Gasteiger partial charge in [0.15, 0.2) is 0 Å². The van der Waals surface area contributed by atoms with Gasteiger partial charge in [0, 0.05) is 32.1 Å². The van der Waals surface area contributed by atoms with E-state index in [2.05, 4.69) is 5.32 Å². The minimum atomic E-state index is -0.217. The fourth-order valence-corrected chi connectivity index (χ4v) is 2.10. The second-order valence-corrected chi connectivity index (χ2v) is 4.67. The zero-order chi connectivity index (χ0) is 11.3. The third kappa shape index (κ3) is 3.80. The predicted molar refractivity (Wildman–Crippen MR) is 61.6 cm³/mol. The Bertz CT molecular complexity index is 212. The number of likely N-dealkylation sites (N-methyl/N-ethyl adjacent to an activating group) is 2. The molecule has 88 valence electrons. The maximum atomic E-state index is 11.8. The quantitative estimate of drug-likeness (QED) is 0.692. The van der Waals surface area contributed by atoms with E-state index in [1.165, 1.54) is 12.8 Å². The van der Waals surface area contributed by atoms with Gasteiger partial charge in [-0.1, -0.05) is 12.8 Å². The monoisotopic (exact) mass is 213 g/mol. The van der Waals surface area contributed by atoms with Gasteiger partial charge in [-0.05, 0) is 19.9 Å². The van der Waals surface area contributed by atoms with Gasteiger partial charge >= 0.3 is 0 Å². The Labute approximate surface area is 92.2 Å². The van der Waals surface area contributed by atoms with Gasteiger partial charge in [-0.2, -0.15) is 0 Å². The Morgan fingerprint density at radius 3 is 2.60 bits per heavy atom. The molecule has 0 unspecified atom stereocenters. The molecule has 0 saturated heterocycles. The maximum Gasteiger partial charge on any atom is 0.224 e. The molecule has 0 radical (unpaired) electrons. The van der Waals surface area contributed by atoms with Crippen LogP contribution >= 0.6 is 0 Å². The molecule has 0 heterocycles. The van der Waals surface area contributed by atoms with E-state index in [9.17, 15) is 4.79 Å². The molecule has 4 heteroatoms. The maximum absolute atomic E-state index is 11.8. The molecule has 4 nitrogen and oxygen atoms in total. The van der Waals surface area contributed by atoms with Crippen LogP contribution in [0.15, 0.2) is 0 Å². The minimum Gasteiger partial charge on any atom is -0.344 e. The first kappa shape index (κ1) is 12.5. The Morgan fingerprint density at radius 1 is 1.47 bits per heavy atom. The van der Waals surface area contributed by atoms with Crippen molar-refractivity contribution < 1.29 is 4.79 Å². The molecule has 1 amide bonds. The Morgan fingerprint density at radius 2 is 2.07 bits per heavy atom. The van der Waals surface area contributed by atoms with Gasteiger partial charge < -0.3 is 16.0 Å². The Balaban J connectivity index is 2.33. The number of rotatable bonds is 5. The van der Waals surface area contributed by atoms with E-state index >= 15 is 0 Å². The summed E-state index contributed by atoms with van der Waals surface area (Å²) < 4.78 is 0. The summed E-state index contributed by atoms with van der Waals surface area (Å²) in [7, 11) is 3.73. The minimum absolute atomic E-state index is 0.176. The van der Waals surface area contributed by atoms with E-state index in [4.69, 9.17) is 5.73 Å². The molecule has 1 fully saturated rings. The first-order valence-corrected chi connectivity index (χ1v) is 5.75. The third-order valence-corrected chi connectivity index (χ3v) is 3.23. The second kappa shape index (κ2) is 5.47. The van der Waals surface area contributed by atoms with Gasteiger partial charge in [-0.25, -0.2) is 0 Å². The number of nitrogens with two attached hydrogens (primary N) is 1. The van der Waals surface area contributed by atoms with Crippen LogP contribution < -0.4 is 11.1 Å². The van der Waals surface area contributed by atoms with Gasteiger partial charge in [0.2, 0.25) is 5.91 Å². The van der Waals surface area contributed by atoms with Crippen LogP contribution in [0.25, 0.3) is 0 Å². The highest BCUT2D eigenvalue weighted by Crippen LogP contribution is 2.30. The highest BCUT2D eigenvalue weighted by Gasteiger charge is 2.32. The predicted octanol–water partition coefficient (Wildman–Crippen LogP) is 0.326. The molecule has 1 aliphatic carbocycles. The number of nitrogens with zero attached hydrogens (tertiary/aromatic N) is 1. The van der Waals surface area contributed by atoms with Crippen molar-refractivity contribution in [1.82, 2.24) is 10.2 Å². The Hall–Kier alpha value is -0.610. The molecule has 15 heavy (non-hydrogen) atoms. The van der Waals surface area contributed by atoms with E-state index in [1.807, 2.05) is 14.1 Å². The van der Waals surface area contributed by atoms with Gasteiger partial charge in [0.05, 0.1) is 0 Å². The average molecular weight is 213 g/mol. The first-order valence-electron chi connectivity index (χ1n) is 5.75. The van der Waals surface area contributed by atoms with E-state index < -0.39 is 0 Å². The summed E-state index contributed by atoms with van der Waals surface area (Å²) in [6.45, 7) is 1.59. The van der Waals surface area contributed by atoms with Gasteiger partial charge in [0.25, 0.3) is 0 Å². The van der Waals surface area contributed by atoms with Crippen LogP contribution in [-0.2, 0) is 4.79 Å². The summed E-state index contributed by atoms with van der Waals surface area (Å²) in [5.74, 6) is 0.176. The molecule has 0 atom stereocenters. The molecule has 1 aliphatic rings. The van der Waals surface area contributed by atoms with Crippen LogP contribution in [0.1, 0.15) is 32.1 Å². The molecule has 3 N–H and O–H groups in total. The van der Waals surface area contributed by atoms with Crippen LogP contribution in [0.5, 0.6) is 0 Å². The number of hydrogen-bond donors (Lipinski definition) is 2. The lowest BCUT2D eigenvalue weighted by atomic mass is 9.94. The van der Waals surface area contributed by atoms with Crippen LogP contribution in [0.2, 0.25) is 0 Å². The van der Waals surface area contributed by atoms with Crippen molar-refractivity contribution in [2.75, 3.05) is 27.2 Å². The van der Waals surface area contributed by atoms with Crippen molar-refractivity contribution in [2.45, 2.75) is 37.6 Å². The van der Waals surface area contributed by atoms with Crippen molar-refractivity contribution in [3.63, 3.8) is 0 Å². The molecular weight excluding hydrogens is 190 g/mol. The summed E-state index contributed by atoms with van der Waals surface area (Å²) in [4.78, 5) is 13.6. The normalized spacial score (nSPS) is 19.1. The lowest BCUT2D eigenvalue weighted by Gasteiger charge is -2.26. The molecule has 0 aromatic carbocycles. The molecule has 0 spiro atoms. The summed E-state index contributed by atoms with van der Waals surface area (Å²) >= 11 is 0. The zero-order valence-corrected chi connectivity index (χ0v) is 9.88. The van der Waals surface area contributed by atoms with Crippen molar-refractivity contribution in [1.29, 1.82) is 0 Å². The number of carbonyl (C=O) groups is 1. The molecule has 0 aromatic rings. The number of nitrogens with one attached hydrogen (secondary N) is 1. The molecule has 1 rings (SSSR count). The number of amides is 1. The van der Waals surface area contributed by atoms with E-state index in [-0.39, 0.29) is 11.4 Å². The number of hydrogen-bond acceptors (Lipinski definition) is 3. The van der Waals surface area contributed by atoms with Crippen LogP contribution in [-0.4, -0.2) is 43.5 Å². The smallest absolute Gasteiger partial charge is 0.224 e. The largest absolute Gasteiger partial charge is 0.344 e. The molecule has 0 aromatic heterocycles. The van der Waals surface area contributed by atoms with Gasteiger partial charge in [0.1, 0.15) is 0 Å². The van der Waals surface area contributed by atoms with Crippen LogP contribution in [0.4, 0.5) is 0 Å². The fraction of sp³-hybridized carbons (Fsp3) is 0.909. The van der Waals surface area contributed by atoms with Crippen LogP contribution in [0, 0.1) is 0 Å². The van der Waals surface area contributed by atoms with Gasteiger partial charge in [-0.15, -0.1) is 0 Å². The Kier molecular flexibility index (Phi) is 4.54. The van der Waals surface area contributed by atoms with Crippen molar-refractivity contribution in [3.8, 4) is 0 Å². The highest BCUT2D eigenvalue weighted by atomic mass is 16.2. The van der Waals surface area contributed by atoms with E-state index in [1.54, 1.807) is 4.90 Å². The molecular formula is C11H23N3O. The molecule has 1 saturated carbocycles. The van der Waals surface area contributed by atoms with Crippen molar-refractivity contribution in [2.24, 2.45) is 5.73 Å². The standard InChI is InChI=1S/C11H23N3O/c1-13-7-8-14(2)10(15)9-11(12)5-3-4-6-11/h13H,3-9,12H2,1-2H3. The molecule has 0 bridgehead atoms. The number of carbonyl (C=O) groups excluding carboxylic acids is 1. The van der Waals surface area contributed by atoms with E-state index in [0.717, 1.165) is 25.9 Å². The summed E-state index contributed by atoms with van der Waals surface area (Å²) in [5.41, 5.74) is 5.95. The topological polar surface area (TPSA) is 58.4 Å². The van der Waals surface area contributed by atoms with Crippen LogP contribution in [0.3, 0.4) is 0 Å². The SMILES string of the molecule is CNCCN(C)C(=O)CC1(N)CCCC1. The van der Waals surface area contributed by atoms with E-state index in [0.29, 0.717) is 6.42 Å². The summed E-state index contributed by atoms with van der Waals surface area (Å²) in [6, 6.07) is 0. The highest BCUT2D eigenvalue weighted by molar-refractivity contribution is 5.77. The average Bonchev–Trinajstić information content (AvgIpc) is 2.61. The van der Waals surface area contributed by atoms with Gasteiger partial charge in [-0.3, -0.25) is 4.79 Å². The zero-order valence-electron chi connectivity index (χ0n) is 9.88. The lowest BCUT2D eigenvalue weighted by Crippen LogP contribution is -2.43. The van der Waals surface area contributed by atoms with Crippen molar-refractivity contribution in [3.05, 3.63) is 0 Å². The van der Waals surface area contributed by atoms with Crippen molar-refractivity contribution >= 4 is 5.91 Å².